The number of aryl methyl sites for hydroxylation is 1. The number of thioether (sulfide) groups is 1. The normalized spacial score (nSPS) is 18.0. The Balaban J connectivity index is 0.00000180. The predicted molar refractivity (Wildman–Crippen MR) is 88.8 cm³/mol. The Morgan fingerprint density at radius 3 is 2.53 bits per heavy atom. The van der Waals surface area contributed by atoms with Crippen LogP contribution in [0.5, 0.6) is 0 Å². The lowest BCUT2D eigenvalue weighted by Crippen LogP contribution is -2.41. The van der Waals surface area contributed by atoms with E-state index in [9.17, 15) is 0 Å². The highest BCUT2D eigenvalue weighted by atomic mass is 35.5. The third kappa shape index (κ3) is 4.14. The number of hydrogen-bond donors (Lipinski definition) is 0. The van der Waals surface area contributed by atoms with Gasteiger partial charge < -0.3 is 0 Å². The molecule has 0 amide bonds. The second kappa shape index (κ2) is 8.18. The van der Waals surface area contributed by atoms with E-state index in [2.05, 4.69) is 43.9 Å². The minimum absolute atomic E-state index is 0. The Kier molecular flexibility index (Phi) is 7.27. The summed E-state index contributed by atoms with van der Waals surface area (Å²) in [5.41, 5.74) is 3.06. The molecule has 1 heterocycles. The topological polar surface area (TPSA) is 3.24 Å². The molecule has 0 aromatic heterocycles. The van der Waals surface area contributed by atoms with E-state index in [1.54, 1.807) is 5.56 Å². The van der Waals surface area contributed by atoms with Gasteiger partial charge in [0.05, 0.1) is 0 Å². The third-order valence-electron chi connectivity index (χ3n) is 3.78. The molecule has 1 aliphatic heterocycles. The van der Waals surface area contributed by atoms with Crippen LogP contribution in [0, 0.1) is 6.92 Å². The summed E-state index contributed by atoms with van der Waals surface area (Å²) in [6.45, 7) is 9.34. The third-order valence-corrected chi connectivity index (χ3v) is 5.02. The maximum absolute atomic E-state index is 2.70. The first-order valence-electron chi connectivity index (χ1n) is 7.21. The zero-order chi connectivity index (χ0) is 13.0. The molecule has 0 saturated heterocycles. The molecule has 1 aromatic carbocycles. The zero-order valence-electron chi connectivity index (χ0n) is 12.3. The van der Waals surface area contributed by atoms with Crippen molar-refractivity contribution in [2.24, 2.45) is 0 Å². The van der Waals surface area contributed by atoms with Crippen LogP contribution in [-0.4, -0.2) is 29.8 Å². The Morgan fingerprint density at radius 2 is 1.89 bits per heavy atom. The van der Waals surface area contributed by atoms with Gasteiger partial charge in [-0.05, 0) is 56.5 Å². The molecular formula is C16H26ClNS. The minimum atomic E-state index is 0. The summed E-state index contributed by atoms with van der Waals surface area (Å²) in [7, 11) is 0. The Morgan fingerprint density at radius 1 is 1.21 bits per heavy atom. The van der Waals surface area contributed by atoms with Crippen molar-refractivity contribution in [2.45, 2.75) is 51.0 Å². The highest BCUT2D eigenvalue weighted by Gasteiger charge is 2.24. The second-order valence-corrected chi connectivity index (χ2v) is 6.32. The number of rotatable bonds is 5. The quantitative estimate of drug-likeness (QED) is 0.784. The molecule has 3 heteroatoms. The van der Waals surface area contributed by atoms with Crippen molar-refractivity contribution in [3.63, 3.8) is 0 Å². The Bertz CT molecular complexity index is 388. The van der Waals surface area contributed by atoms with Crippen molar-refractivity contribution in [1.29, 1.82) is 0 Å². The number of hydrogen-bond acceptors (Lipinski definition) is 2. The van der Waals surface area contributed by atoms with Gasteiger partial charge in [-0.25, -0.2) is 0 Å². The summed E-state index contributed by atoms with van der Waals surface area (Å²) in [6.07, 6.45) is 3.78. The van der Waals surface area contributed by atoms with E-state index >= 15 is 0 Å². The number of nitrogens with zero attached hydrogens (tertiary/aromatic N) is 1. The fraction of sp³-hybridized carbons (Fsp3) is 0.625. The van der Waals surface area contributed by atoms with Gasteiger partial charge in [0, 0.05) is 16.7 Å². The van der Waals surface area contributed by atoms with Gasteiger partial charge in [0.15, 0.2) is 0 Å². The monoisotopic (exact) mass is 299 g/mol. The average molecular weight is 300 g/mol. The first-order chi connectivity index (χ1) is 8.76. The van der Waals surface area contributed by atoms with Crippen molar-refractivity contribution < 1.29 is 0 Å². The molecule has 1 unspecified atom stereocenters. The van der Waals surface area contributed by atoms with E-state index in [1.165, 1.54) is 48.6 Å². The molecular weight excluding hydrogens is 274 g/mol. The van der Waals surface area contributed by atoms with E-state index in [0.29, 0.717) is 0 Å². The number of halogens is 1. The molecule has 1 aliphatic rings. The summed E-state index contributed by atoms with van der Waals surface area (Å²) >= 11 is 2.05. The molecule has 1 atom stereocenters. The molecule has 1 aromatic rings. The zero-order valence-corrected chi connectivity index (χ0v) is 13.9. The van der Waals surface area contributed by atoms with E-state index in [0.717, 1.165) is 6.04 Å². The van der Waals surface area contributed by atoms with E-state index in [-0.39, 0.29) is 12.4 Å². The summed E-state index contributed by atoms with van der Waals surface area (Å²) < 4.78 is 0. The molecule has 0 fully saturated rings. The van der Waals surface area contributed by atoms with E-state index < -0.39 is 0 Å². The number of benzene rings is 1. The van der Waals surface area contributed by atoms with Crippen LogP contribution in [0.15, 0.2) is 23.1 Å². The lowest BCUT2D eigenvalue weighted by Gasteiger charge is -2.35. The molecule has 1 nitrogen and oxygen atoms in total. The fourth-order valence-corrected chi connectivity index (χ4v) is 4.13. The predicted octanol–water partition coefficient (Wildman–Crippen LogP) is 4.56. The van der Waals surface area contributed by atoms with Crippen LogP contribution in [0.4, 0.5) is 0 Å². The van der Waals surface area contributed by atoms with Crippen molar-refractivity contribution in [3.05, 3.63) is 29.3 Å². The van der Waals surface area contributed by atoms with Gasteiger partial charge in [-0.2, -0.15) is 0 Å². The van der Waals surface area contributed by atoms with Crippen LogP contribution in [-0.2, 0) is 6.42 Å². The van der Waals surface area contributed by atoms with Gasteiger partial charge in [0.2, 0.25) is 0 Å². The molecule has 0 radical (unpaired) electrons. The first kappa shape index (κ1) is 16.9. The Hall–Kier alpha value is -0.180. The molecule has 0 spiro atoms. The molecule has 108 valence electrons. The van der Waals surface area contributed by atoms with Crippen LogP contribution < -0.4 is 0 Å². The van der Waals surface area contributed by atoms with Gasteiger partial charge >= 0.3 is 0 Å². The van der Waals surface area contributed by atoms with Gasteiger partial charge in [-0.15, -0.1) is 24.2 Å². The van der Waals surface area contributed by atoms with Crippen LogP contribution in [0.3, 0.4) is 0 Å². The van der Waals surface area contributed by atoms with Crippen molar-refractivity contribution in [2.75, 3.05) is 18.8 Å². The van der Waals surface area contributed by atoms with E-state index in [1.807, 2.05) is 11.8 Å². The summed E-state index contributed by atoms with van der Waals surface area (Å²) in [5.74, 6) is 1.26. The maximum Gasteiger partial charge on any atom is 0.0230 e. The summed E-state index contributed by atoms with van der Waals surface area (Å²) in [6, 6.07) is 7.47. The van der Waals surface area contributed by atoms with Crippen LogP contribution in [0.1, 0.15) is 37.8 Å². The van der Waals surface area contributed by atoms with Gasteiger partial charge in [0.1, 0.15) is 0 Å². The molecule has 0 saturated carbocycles. The molecule has 0 N–H and O–H groups in total. The summed E-state index contributed by atoms with van der Waals surface area (Å²) in [4.78, 5) is 4.21. The lowest BCUT2D eigenvalue weighted by atomic mass is 10.00. The smallest absolute Gasteiger partial charge is 0.0230 e. The second-order valence-electron chi connectivity index (χ2n) is 5.26. The molecule has 19 heavy (non-hydrogen) atoms. The lowest BCUT2D eigenvalue weighted by molar-refractivity contribution is 0.209. The largest absolute Gasteiger partial charge is 0.299 e. The molecule has 2 rings (SSSR count). The van der Waals surface area contributed by atoms with Crippen molar-refractivity contribution >= 4 is 24.2 Å². The van der Waals surface area contributed by atoms with Crippen molar-refractivity contribution in [1.82, 2.24) is 4.90 Å². The van der Waals surface area contributed by atoms with Crippen LogP contribution in [0.25, 0.3) is 0 Å². The van der Waals surface area contributed by atoms with Gasteiger partial charge in [-0.3, -0.25) is 4.90 Å². The minimum Gasteiger partial charge on any atom is -0.299 e. The Labute approximate surface area is 128 Å². The molecule has 0 aliphatic carbocycles. The summed E-state index contributed by atoms with van der Waals surface area (Å²) in [5, 5.41) is 0. The fourth-order valence-electron chi connectivity index (χ4n) is 2.84. The molecule has 0 bridgehead atoms. The average Bonchev–Trinajstić information content (AvgIpc) is 2.39. The van der Waals surface area contributed by atoms with Gasteiger partial charge in [-0.1, -0.05) is 26.0 Å². The highest BCUT2D eigenvalue weighted by Crippen LogP contribution is 2.33. The van der Waals surface area contributed by atoms with Crippen molar-refractivity contribution in [3.8, 4) is 0 Å². The number of fused-ring (bicyclic) bond motifs is 1. The first-order valence-corrected chi connectivity index (χ1v) is 8.20. The van der Waals surface area contributed by atoms with Crippen LogP contribution >= 0.6 is 24.2 Å². The van der Waals surface area contributed by atoms with Gasteiger partial charge in [0.25, 0.3) is 0 Å². The van der Waals surface area contributed by atoms with E-state index in [4.69, 9.17) is 0 Å². The maximum atomic E-state index is 2.70. The van der Waals surface area contributed by atoms with Crippen LogP contribution in [0.2, 0.25) is 0 Å². The standard InChI is InChI=1S/C16H25NS.ClH/c1-4-9-17(10-5-2)14-11-15-13(3)7-6-8-16(15)18-12-14;/h6-8,14H,4-5,9-12H2,1-3H3;1H. The SMILES string of the molecule is CCCN(CCC)C1CSc2cccc(C)c2C1.Cl. The highest BCUT2D eigenvalue weighted by molar-refractivity contribution is 7.99.